The van der Waals surface area contributed by atoms with Crippen LogP contribution in [-0.4, -0.2) is 70.3 Å². The first-order valence-electron chi connectivity index (χ1n) is 12.7. The Morgan fingerprint density at radius 3 is 1.79 bits per heavy atom. The van der Waals surface area contributed by atoms with Gasteiger partial charge in [0.25, 0.3) is 5.60 Å². The summed E-state index contributed by atoms with van der Waals surface area (Å²) < 4.78 is 38.4. The van der Waals surface area contributed by atoms with E-state index in [2.05, 4.69) is 5.32 Å². The number of hydrogen-bond donors (Lipinski definition) is 1. The van der Waals surface area contributed by atoms with Crippen LogP contribution in [0.4, 0.5) is 4.79 Å². The van der Waals surface area contributed by atoms with E-state index in [0.717, 1.165) is 0 Å². The minimum absolute atomic E-state index is 0.0283. The van der Waals surface area contributed by atoms with Crippen LogP contribution in [0.1, 0.15) is 72.5 Å². The highest BCUT2D eigenvalue weighted by atomic mass is 16.6. The number of alkyl carbamates (subject to hydrolysis) is 1. The van der Waals surface area contributed by atoms with Crippen molar-refractivity contribution in [2.45, 2.75) is 78.1 Å². The number of rotatable bonds is 15. The van der Waals surface area contributed by atoms with E-state index in [0.29, 0.717) is 29.2 Å². The number of ether oxygens (including phenoxy) is 7. The molecule has 0 aliphatic heterocycles. The Labute approximate surface area is 225 Å². The molecule has 11 nitrogen and oxygen atoms in total. The summed E-state index contributed by atoms with van der Waals surface area (Å²) >= 11 is 0. The first-order valence-corrected chi connectivity index (χ1v) is 12.7. The number of esters is 2. The van der Waals surface area contributed by atoms with Crippen LogP contribution in [-0.2, 0) is 28.5 Å². The van der Waals surface area contributed by atoms with Crippen LogP contribution < -0.4 is 19.5 Å². The number of methoxy groups -OCH3 is 3. The number of amides is 1. The molecule has 0 radical (unpaired) electrons. The largest absolute Gasteiger partial charge is 0.493 e. The second-order valence-electron chi connectivity index (χ2n) is 9.27. The SMILES string of the molecule is CCOC(=O)C(CCCNC(=O)OC(C)(C)C)(OC(CC)c1cc(OC)c(OC)c(OC)c1)C(=O)OCC. The van der Waals surface area contributed by atoms with Gasteiger partial charge < -0.3 is 38.5 Å². The summed E-state index contributed by atoms with van der Waals surface area (Å²) in [5.41, 5.74) is -2.16. The maximum Gasteiger partial charge on any atom is 0.407 e. The maximum absolute atomic E-state index is 13.3. The van der Waals surface area contributed by atoms with Gasteiger partial charge in [-0.05, 0) is 65.2 Å². The van der Waals surface area contributed by atoms with Gasteiger partial charge in [0.05, 0.1) is 40.6 Å². The van der Waals surface area contributed by atoms with Gasteiger partial charge >= 0.3 is 18.0 Å². The summed E-state index contributed by atoms with van der Waals surface area (Å²) in [4.78, 5) is 38.7. The average Bonchev–Trinajstić information content (AvgIpc) is 2.86. The smallest absolute Gasteiger partial charge is 0.407 e. The fourth-order valence-electron chi connectivity index (χ4n) is 3.70. The lowest BCUT2D eigenvalue weighted by Crippen LogP contribution is -2.52. The molecule has 0 saturated heterocycles. The number of benzene rings is 1. The molecule has 0 aromatic heterocycles. The molecule has 0 saturated carbocycles. The standard InChI is InChI=1S/C27H43NO10/c1-10-19(18-16-20(32-7)22(34-9)21(17-18)33-8)37-27(23(29)35-11-2,24(30)36-12-3)14-13-15-28-25(31)38-26(4,5)6/h16-17,19H,10-15H2,1-9H3,(H,28,31). The van der Waals surface area contributed by atoms with E-state index in [9.17, 15) is 14.4 Å². The van der Waals surface area contributed by atoms with Crippen molar-refractivity contribution in [1.29, 1.82) is 0 Å². The Balaban J connectivity index is 3.40. The van der Waals surface area contributed by atoms with Crippen molar-refractivity contribution in [2.75, 3.05) is 41.1 Å². The maximum atomic E-state index is 13.3. The topological polar surface area (TPSA) is 128 Å². The number of hydrogen-bond acceptors (Lipinski definition) is 10. The summed E-state index contributed by atoms with van der Waals surface area (Å²) in [6.45, 7) is 10.5. The highest BCUT2D eigenvalue weighted by molar-refractivity contribution is 6.03. The fourth-order valence-corrected chi connectivity index (χ4v) is 3.70. The molecule has 1 rings (SSSR count). The van der Waals surface area contributed by atoms with Crippen molar-refractivity contribution in [3.05, 3.63) is 17.7 Å². The van der Waals surface area contributed by atoms with Gasteiger partial charge in [0.2, 0.25) is 5.75 Å². The van der Waals surface area contributed by atoms with E-state index in [-0.39, 0.29) is 32.6 Å². The van der Waals surface area contributed by atoms with Gasteiger partial charge in [0.1, 0.15) is 5.60 Å². The fraction of sp³-hybridized carbons (Fsp3) is 0.667. The Morgan fingerprint density at radius 1 is 0.868 bits per heavy atom. The molecule has 216 valence electrons. The monoisotopic (exact) mass is 541 g/mol. The Morgan fingerprint density at radius 2 is 1.39 bits per heavy atom. The molecule has 1 atom stereocenters. The molecule has 0 aliphatic carbocycles. The number of nitrogens with one attached hydrogen (secondary N) is 1. The lowest BCUT2D eigenvalue weighted by Gasteiger charge is -2.33. The molecule has 1 N–H and O–H groups in total. The zero-order chi connectivity index (χ0) is 28.9. The Kier molecular flexibility index (Phi) is 13.2. The van der Waals surface area contributed by atoms with E-state index in [4.69, 9.17) is 33.2 Å². The van der Waals surface area contributed by atoms with Crippen LogP contribution >= 0.6 is 0 Å². The van der Waals surface area contributed by atoms with E-state index in [1.165, 1.54) is 21.3 Å². The second-order valence-corrected chi connectivity index (χ2v) is 9.27. The number of carbonyl (C=O) groups excluding carboxylic acids is 3. The predicted molar refractivity (Wildman–Crippen MR) is 140 cm³/mol. The molecule has 0 spiro atoms. The van der Waals surface area contributed by atoms with Crippen molar-refractivity contribution < 1.29 is 47.5 Å². The Hall–Kier alpha value is -3.21. The summed E-state index contributed by atoms with van der Waals surface area (Å²) in [6, 6.07) is 3.39. The lowest BCUT2D eigenvalue weighted by atomic mass is 9.95. The molecular formula is C27H43NO10. The highest BCUT2D eigenvalue weighted by Gasteiger charge is 2.51. The molecule has 1 amide bonds. The number of carbonyl (C=O) groups is 3. The third kappa shape index (κ3) is 8.97. The van der Waals surface area contributed by atoms with Gasteiger partial charge in [0.15, 0.2) is 11.5 Å². The third-order valence-corrected chi connectivity index (χ3v) is 5.36. The normalized spacial score (nSPS) is 12.2. The second kappa shape index (κ2) is 15.3. The average molecular weight is 542 g/mol. The molecule has 0 bridgehead atoms. The lowest BCUT2D eigenvalue weighted by molar-refractivity contribution is -0.200. The minimum Gasteiger partial charge on any atom is -0.493 e. The van der Waals surface area contributed by atoms with Gasteiger partial charge in [-0.15, -0.1) is 0 Å². The molecule has 11 heteroatoms. The zero-order valence-electron chi connectivity index (χ0n) is 24.1. The first kappa shape index (κ1) is 32.8. The van der Waals surface area contributed by atoms with Gasteiger partial charge in [0, 0.05) is 13.0 Å². The van der Waals surface area contributed by atoms with Gasteiger partial charge in [-0.3, -0.25) is 0 Å². The molecule has 1 aromatic carbocycles. The van der Waals surface area contributed by atoms with Gasteiger partial charge in [-0.25, -0.2) is 14.4 Å². The minimum atomic E-state index is -2.08. The third-order valence-electron chi connectivity index (χ3n) is 5.36. The quantitative estimate of drug-likeness (QED) is 0.148. The Bertz CT molecular complexity index is 882. The van der Waals surface area contributed by atoms with E-state index in [1.54, 1.807) is 46.8 Å². The molecule has 0 fully saturated rings. The van der Waals surface area contributed by atoms with Gasteiger partial charge in [-0.2, -0.15) is 0 Å². The van der Waals surface area contributed by atoms with Crippen molar-refractivity contribution in [3.63, 3.8) is 0 Å². The molecule has 1 aromatic rings. The van der Waals surface area contributed by atoms with Crippen LogP contribution in [0.25, 0.3) is 0 Å². The summed E-state index contributed by atoms with van der Waals surface area (Å²) in [6.07, 6.45) is -0.893. The summed E-state index contributed by atoms with van der Waals surface area (Å²) in [5, 5.41) is 2.63. The van der Waals surface area contributed by atoms with Crippen LogP contribution in [0, 0.1) is 0 Å². The van der Waals surface area contributed by atoms with Crippen molar-refractivity contribution in [2.24, 2.45) is 0 Å². The van der Waals surface area contributed by atoms with Crippen molar-refractivity contribution >= 4 is 18.0 Å². The molecular weight excluding hydrogens is 498 g/mol. The van der Waals surface area contributed by atoms with Crippen LogP contribution in [0.3, 0.4) is 0 Å². The van der Waals surface area contributed by atoms with E-state index in [1.807, 2.05) is 6.92 Å². The van der Waals surface area contributed by atoms with Crippen LogP contribution in [0.5, 0.6) is 17.2 Å². The van der Waals surface area contributed by atoms with Crippen molar-refractivity contribution in [3.8, 4) is 17.2 Å². The summed E-state index contributed by atoms with van der Waals surface area (Å²) in [5.74, 6) is -0.571. The zero-order valence-corrected chi connectivity index (χ0v) is 24.1. The van der Waals surface area contributed by atoms with Gasteiger partial charge in [-0.1, -0.05) is 6.92 Å². The molecule has 0 aliphatic rings. The first-order chi connectivity index (χ1) is 17.9. The van der Waals surface area contributed by atoms with E-state index >= 15 is 0 Å². The van der Waals surface area contributed by atoms with E-state index < -0.39 is 35.3 Å². The molecule has 0 heterocycles. The van der Waals surface area contributed by atoms with Crippen LogP contribution in [0.2, 0.25) is 0 Å². The van der Waals surface area contributed by atoms with Crippen LogP contribution in [0.15, 0.2) is 12.1 Å². The van der Waals surface area contributed by atoms with Crippen molar-refractivity contribution in [1.82, 2.24) is 5.32 Å². The predicted octanol–water partition coefficient (Wildman–Crippen LogP) is 4.35. The molecule has 1 unspecified atom stereocenters. The summed E-state index contributed by atoms with van der Waals surface area (Å²) in [7, 11) is 4.47. The molecule has 38 heavy (non-hydrogen) atoms. The highest BCUT2D eigenvalue weighted by Crippen LogP contribution is 2.42.